The zero-order valence-corrected chi connectivity index (χ0v) is 9.58. The molecule has 0 aliphatic heterocycles. The zero-order chi connectivity index (χ0) is 14.0. The van der Waals surface area contributed by atoms with Crippen molar-refractivity contribution in [3.05, 3.63) is 59.4 Å². The molecular formula is C13H9F3N2O. The highest BCUT2D eigenvalue weighted by Crippen LogP contribution is 2.18. The Bertz CT molecular complexity index is 603. The lowest BCUT2D eigenvalue weighted by Gasteiger charge is -2.06. The number of nitrogen functional groups attached to an aromatic ring is 1. The second-order valence-corrected chi connectivity index (χ2v) is 3.81. The minimum Gasteiger partial charge on any atom is -0.394 e. The Morgan fingerprint density at radius 1 is 1.00 bits per heavy atom. The van der Waals surface area contributed by atoms with Gasteiger partial charge in [0.25, 0.3) is 5.91 Å². The van der Waals surface area contributed by atoms with E-state index in [1.807, 2.05) is 0 Å². The lowest BCUT2D eigenvalue weighted by Crippen LogP contribution is -2.13. The highest BCUT2D eigenvalue weighted by atomic mass is 19.1. The Kier molecular flexibility index (Phi) is 3.41. The van der Waals surface area contributed by atoms with Gasteiger partial charge in [-0.25, -0.2) is 13.2 Å². The van der Waals surface area contributed by atoms with E-state index in [4.69, 9.17) is 5.73 Å². The van der Waals surface area contributed by atoms with Gasteiger partial charge >= 0.3 is 0 Å². The third kappa shape index (κ3) is 2.85. The molecule has 19 heavy (non-hydrogen) atoms. The molecule has 98 valence electrons. The fraction of sp³-hybridized carbons (Fsp3) is 0. The minimum absolute atomic E-state index is 0.214. The van der Waals surface area contributed by atoms with Crippen LogP contribution in [0, 0.1) is 17.5 Å². The molecule has 0 spiro atoms. The predicted molar refractivity (Wildman–Crippen MR) is 65.1 cm³/mol. The standard InChI is InChI=1S/C13H9F3N2O/c14-8-1-3-9(4-2-8)18-13(19)7-5-10(15)12(17)11(16)6-7/h1-6H,17H2,(H,18,19). The summed E-state index contributed by atoms with van der Waals surface area (Å²) in [6.07, 6.45) is 0. The summed E-state index contributed by atoms with van der Waals surface area (Å²) >= 11 is 0. The number of nitrogens with one attached hydrogen (secondary N) is 1. The molecule has 3 nitrogen and oxygen atoms in total. The molecule has 2 aromatic carbocycles. The first kappa shape index (κ1) is 12.9. The number of nitrogens with two attached hydrogens (primary N) is 1. The summed E-state index contributed by atoms with van der Waals surface area (Å²) < 4.78 is 39.1. The van der Waals surface area contributed by atoms with E-state index < -0.39 is 29.0 Å². The van der Waals surface area contributed by atoms with Crippen molar-refractivity contribution in [3.63, 3.8) is 0 Å². The Labute approximate surface area is 106 Å². The number of carbonyl (C=O) groups excluding carboxylic acids is 1. The van der Waals surface area contributed by atoms with Crippen molar-refractivity contribution < 1.29 is 18.0 Å². The van der Waals surface area contributed by atoms with E-state index >= 15 is 0 Å². The molecule has 6 heteroatoms. The van der Waals surface area contributed by atoms with Crippen molar-refractivity contribution >= 4 is 17.3 Å². The van der Waals surface area contributed by atoms with Crippen LogP contribution in [-0.4, -0.2) is 5.91 Å². The Balaban J connectivity index is 2.23. The summed E-state index contributed by atoms with van der Waals surface area (Å²) in [4.78, 5) is 11.7. The van der Waals surface area contributed by atoms with E-state index in [1.165, 1.54) is 12.1 Å². The Morgan fingerprint density at radius 3 is 2.05 bits per heavy atom. The molecule has 2 aromatic rings. The maximum atomic E-state index is 13.2. The second-order valence-electron chi connectivity index (χ2n) is 3.81. The summed E-state index contributed by atoms with van der Waals surface area (Å²) in [5.74, 6) is -3.19. The summed E-state index contributed by atoms with van der Waals surface area (Å²) in [6.45, 7) is 0. The molecule has 0 atom stereocenters. The molecule has 0 unspecified atom stereocenters. The van der Waals surface area contributed by atoms with Gasteiger partial charge in [0.1, 0.15) is 23.1 Å². The largest absolute Gasteiger partial charge is 0.394 e. The summed E-state index contributed by atoms with van der Waals surface area (Å²) in [6, 6.07) is 6.63. The van der Waals surface area contributed by atoms with Crippen molar-refractivity contribution in [1.29, 1.82) is 0 Å². The van der Waals surface area contributed by atoms with E-state index in [2.05, 4.69) is 5.32 Å². The van der Waals surface area contributed by atoms with Gasteiger partial charge in [0.2, 0.25) is 0 Å². The number of anilines is 2. The first-order valence-electron chi connectivity index (χ1n) is 5.29. The highest BCUT2D eigenvalue weighted by Gasteiger charge is 2.13. The van der Waals surface area contributed by atoms with Gasteiger partial charge in [-0.2, -0.15) is 0 Å². The van der Waals surface area contributed by atoms with E-state index in [9.17, 15) is 18.0 Å². The van der Waals surface area contributed by atoms with Crippen molar-refractivity contribution in [2.24, 2.45) is 0 Å². The van der Waals surface area contributed by atoms with Gasteiger partial charge in [0, 0.05) is 11.3 Å². The minimum atomic E-state index is -1.01. The molecule has 0 saturated carbocycles. The van der Waals surface area contributed by atoms with Gasteiger partial charge in [-0.05, 0) is 36.4 Å². The van der Waals surface area contributed by atoms with Crippen molar-refractivity contribution in [3.8, 4) is 0 Å². The molecule has 0 aromatic heterocycles. The van der Waals surface area contributed by atoms with E-state index in [0.717, 1.165) is 24.3 Å². The van der Waals surface area contributed by atoms with Gasteiger partial charge in [0.15, 0.2) is 0 Å². The van der Waals surface area contributed by atoms with Crippen molar-refractivity contribution in [2.45, 2.75) is 0 Å². The van der Waals surface area contributed by atoms with Crippen LogP contribution >= 0.6 is 0 Å². The van der Waals surface area contributed by atoms with Gasteiger partial charge in [-0.15, -0.1) is 0 Å². The lowest BCUT2D eigenvalue weighted by molar-refractivity contribution is 0.102. The molecule has 1 amide bonds. The Hall–Kier alpha value is -2.50. The molecule has 0 heterocycles. The third-order valence-electron chi connectivity index (χ3n) is 2.44. The maximum Gasteiger partial charge on any atom is 0.255 e. The van der Waals surface area contributed by atoms with Crippen LogP contribution in [0.3, 0.4) is 0 Å². The van der Waals surface area contributed by atoms with Crippen LogP contribution in [0.25, 0.3) is 0 Å². The van der Waals surface area contributed by atoms with Crippen LogP contribution in [-0.2, 0) is 0 Å². The molecule has 0 bridgehead atoms. The van der Waals surface area contributed by atoms with Gasteiger partial charge in [-0.1, -0.05) is 0 Å². The van der Waals surface area contributed by atoms with E-state index in [1.54, 1.807) is 0 Å². The second kappa shape index (κ2) is 5.01. The smallest absolute Gasteiger partial charge is 0.255 e. The average Bonchev–Trinajstić information content (AvgIpc) is 2.38. The molecule has 0 radical (unpaired) electrons. The summed E-state index contributed by atoms with van der Waals surface area (Å²) in [7, 11) is 0. The van der Waals surface area contributed by atoms with Crippen LogP contribution in [0.2, 0.25) is 0 Å². The van der Waals surface area contributed by atoms with Crippen LogP contribution in [0.5, 0.6) is 0 Å². The number of hydrogen-bond donors (Lipinski definition) is 2. The number of carbonyl (C=O) groups is 1. The van der Waals surface area contributed by atoms with Crippen molar-refractivity contribution in [1.82, 2.24) is 0 Å². The number of hydrogen-bond acceptors (Lipinski definition) is 2. The van der Waals surface area contributed by atoms with E-state index in [0.29, 0.717) is 5.69 Å². The van der Waals surface area contributed by atoms with Gasteiger partial charge in [-0.3, -0.25) is 4.79 Å². The number of rotatable bonds is 2. The first-order valence-corrected chi connectivity index (χ1v) is 5.29. The SMILES string of the molecule is Nc1c(F)cc(C(=O)Nc2ccc(F)cc2)cc1F. The normalized spacial score (nSPS) is 10.3. The molecule has 0 fully saturated rings. The van der Waals surface area contributed by atoms with Crippen LogP contribution in [0.1, 0.15) is 10.4 Å². The lowest BCUT2D eigenvalue weighted by atomic mass is 10.1. The number of benzene rings is 2. The summed E-state index contributed by atoms with van der Waals surface area (Å²) in [5.41, 5.74) is 4.55. The Morgan fingerprint density at radius 2 is 1.53 bits per heavy atom. The first-order chi connectivity index (χ1) is 8.97. The molecular weight excluding hydrogens is 257 g/mol. The fourth-order valence-corrected chi connectivity index (χ4v) is 1.45. The van der Waals surface area contributed by atoms with Gasteiger partial charge in [0.05, 0.1) is 0 Å². The molecule has 0 aliphatic carbocycles. The molecule has 3 N–H and O–H groups in total. The molecule has 0 saturated heterocycles. The highest BCUT2D eigenvalue weighted by molar-refractivity contribution is 6.04. The van der Waals surface area contributed by atoms with Crippen LogP contribution in [0.4, 0.5) is 24.5 Å². The molecule has 0 aliphatic rings. The third-order valence-corrected chi connectivity index (χ3v) is 2.44. The average molecular weight is 266 g/mol. The molecule has 2 rings (SSSR count). The quantitative estimate of drug-likeness (QED) is 0.821. The monoisotopic (exact) mass is 266 g/mol. The van der Waals surface area contributed by atoms with Crippen LogP contribution < -0.4 is 11.1 Å². The zero-order valence-electron chi connectivity index (χ0n) is 9.58. The predicted octanol–water partition coefficient (Wildman–Crippen LogP) is 2.94. The van der Waals surface area contributed by atoms with Crippen molar-refractivity contribution in [2.75, 3.05) is 11.1 Å². The maximum absolute atomic E-state index is 13.2. The summed E-state index contributed by atoms with van der Waals surface area (Å²) in [5, 5.41) is 2.38. The fourth-order valence-electron chi connectivity index (χ4n) is 1.45. The van der Waals surface area contributed by atoms with Gasteiger partial charge < -0.3 is 11.1 Å². The number of amides is 1. The topological polar surface area (TPSA) is 55.1 Å². The van der Waals surface area contributed by atoms with E-state index in [-0.39, 0.29) is 5.56 Å². The number of halogens is 3. The van der Waals surface area contributed by atoms with Crippen LogP contribution in [0.15, 0.2) is 36.4 Å².